The summed E-state index contributed by atoms with van der Waals surface area (Å²) in [4.78, 5) is 21.5. The van der Waals surface area contributed by atoms with Gasteiger partial charge in [0, 0.05) is 26.7 Å². The van der Waals surface area contributed by atoms with Gasteiger partial charge in [-0.3, -0.25) is 9.69 Å². The van der Waals surface area contributed by atoms with Gasteiger partial charge in [0.15, 0.2) is 0 Å². The highest BCUT2D eigenvalue weighted by Gasteiger charge is 2.25. The molecule has 1 unspecified atom stereocenters. The molecule has 1 atom stereocenters. The number of ether oxygens (including phenoxy) is 2. The first-order valence-electron chi connectivity index (χ1n) is 13.7. The Morgan fingerprint density at radius 2 is 1.12 bits per heavy atom. The molecule has 0 bridgehead atoms. The first kappa shape index (κ1) is 36.5. The van der Waals surface area contributed by atoms with Crippen LogP contribution in [0.2, 0.25) is 0 Å². The van der Waals surface area contributed by atoms with Gasteiger partial charge in [0.25, 0.3) is 0 Å². The van der Waals surface area contributed by atoms with Crippen LogP contribution in [-0.4, -0.2) is 114 Å². The van der Waals surface area contributed by atoms with E-state index in [2.05, 4.69) is 114 Å². The van der Waals surface area contributed by atoms with Crippen molar-refractivity contribution in [3.05, 3.63) is 53.3 Å². The van der Waals surface area contributed by atoms with Crippen molar-refractivity contribution in [3.8, 4) is 11.5 Å². The molecule has 1 amide bonds. The van der Waals surface area contributed by atoms with Crippen LogP contribution in [0, 0.1) is 0 Å². The number of rotatable bonds is 17. The molecule has 230 valence electrons. The second-order valence-corrected chi connectivity index (χ2v) is 14.4. The number of carbonyl (C=O) groups is 1. The molecular formula is C30H44Br4N4O3. The molecule has 11 heteroatoms. The molecule has 0 fully saturated rings. The molecule has 7 nitrogen and oxygen atoms in total. The van der Waals surface area contributed by atoms with E-state index in [-0.39, 0.29) is 11.9 Å². The second-order valence-electron chi connectivity index (χ2n) is 11.0. The maximum absolute atomic E-state index is 13.4. The third-order valence-corrected chi connectivity index (χ3v) is 8.91. The maximum atomic E-state index is 13.4. The van der Waals surface area contributed by atoms with Crippen molar-refractivity contribution in [1.82, 2.24) is 19.6 Å². The van der Waals surface area contributed by atoms with Gasteiger partial charge in [-0.05, 0) is 167 Å². The smallest absolute Gasteiger partial charge is 0.239 e. The summed E-state index contributed by atoms with van der Waals surface area (Å²) in [6.07, 6.45) is 3.22. The van der Waals surface area contributed by atoms with Crippen LogP contribution in [0.1, 0.15) is 24.0 Å². The molecule has 0 radical (unpaired) electrons. The minimum Gasteiger partial charge on any atom is -0.491 e. The molecule has 0 aliphatic heterocycles. The fourth-order valence-electron chi connectivity index (χ4n) is 4.23. The van der Waals surface area contributed by atoms with Crippen LogP contribution in [0.3, 0.4) is 0 Å². The highest BCUT2D eigenvalue weighted by molar-refractivity contribution is 9.11. The van der Waals surface area contributed by atoms with Crippen LogP contribution >= 0.6 is 63.7 Å². The zero-order chi connectivity index (χ0) is 30.7. The lowest BCUT2D eigenvalue weighted by atomic mass is 10.0. The molecule has 0 heterocycles. The standard InChI is InChI=1S/C30H44Br4N4O3/c1-35(2)11-8-14-40-29-25(33)18-22(19-26(29)34)20-27(37(5)6)30(39)38(7)12-9-15-41-28-23(31)16-21(17-24(28)32)10-13-36(3)4/h16-19,27H,8-15,20H2,1-7H3. The summed E-state index contributed by atoms with van der Waals surface area (Å²) in [6, 6.07) is 8.03. The van der Waals surface area contributed by atoms with E-state index >= 15 is 0 Å². The average Bonchev–Trinajstić information content (AvgIpc) is 2.87. The lowest BCUT2D eigenvalue weighted by Gasteiger charge is -2.29. The van der Waals surface area contributed by atoms with E-state index < -0.39 is 0 Å². The third-order valence-electron chi connectivity index (χ3n) is 6.56. The lowest BCUT2D eigenvalue weighted by molar-refractivity contribution is -0.134. The summed E-state index contributed by atoms with van der Waals surface area (Å²) in [5.41, 5.74) is 2.29. The summed E-state index contributed by atoms with van der Waals surface area (Å²) in [5, 5.41) is 0. The van der Waals surface area contributed by atoms with Crippen molar-refractivity contribution < 1.29 is 14.3 Å². The first-order chi connectivity index (χ1) is 19.3. The van der Waals surface area contributed by atoms with Crippen molar-refractivity contribution in [2.24, 2.45) is 0 Å². The maximum Gasteiger partial charge on any atom is 0.239 e. The van der Waals surface area contributed by atoms with Crippen molar-refractivity contribution >= 4 is 69.6 Å². The van der Waals surface area contributed by atoms with Gasteiger partial charge in [-0.25, -0.2) is 0 Å². The van der Waals surface area contributed by atoms with E-state index in [0.29, 0.717) is 26.2 Å². The number of carbonyl (C=O) groups excluding carboxylic acids is 1. The van der Waals surface area contributed by atoms with Crippen LogP contribution in [0.5, 0.6) is 11.5 Å². The topological polar surface area (TPSA) is 48.5 Å². The Hall–Kier alpha value is -0.690. The van der Waals surface area contributed by atoms with Crippen LogP contribution in [0.25, 0.3) is 0 Å². The van der Waals surface area contributed by atoms with Crippen molar-refractivity contribution in [2.45, 2.75) is 31.7 Å². The molecular weight excluding hydrogens is 784 g/mol. The van der Waals surface area contributed by atoms with Gasteiger partial charge < -0.3 is 24.2 Å². The summed E-state index contributed by atoms with van der Waals surface area (Å²) in [6.45, 7) is 3.71. The molecule has 0 aliphatic rings. The molecule has 0 saturated carbocycles. The van der Waals surface area contributed by atoms with Crippen molar-refractivity contribution in [2.75, 3.05) is 82.2 Å². The first-order valence-corrected chi connectivity index (χ1v) is 16.9. The minimum absolute atomic E-state index is 0.0823. The Kier molecular flexibility index (Phi) is 16.2. The Bertz CT molecular complexity index is 1080. The molecule has 2 aromatic carbocycles. The predicted octanol–water partition coefficient (Wildman–Crippen LogP) is 6.57. The van der Waals surface area contributed by atoms with Gasteiger partial charge in [0.05, 0.1) is 37.1 Å². The summed E-state index contributed by atoms with van der Waals surface area (Å²) >= 11 is 14.6. The van der Waals surface area contributed by atoms with E-state index in [1.54, 1.807) is 4.90 Å². The normalized spacial score (nSPS) is 12.3. The number of amides is 1. The Labute approximate surface area is 280 Å². The van der Waals surface area contributed by atoms with Gasteiger partial charge in [-0.15, -0.1) is 0 Å². The van der Waals surface area contributed by atoms with Gasteiger partial charge in [0.1, 0.15) is 11.5 Å². The molecule has 0 aromatic heterocycles. The van der Waals surface area contributed by atoms with Gasteiger partial charge in [-0.2, -0.15) is 0 Å². The molecule has 0 N–H and O–H groups in total. The molecule has 0 spiro atoms. The average molecular weight is 828 g/mol. The van der Waals surface area contributed by atoms with E-state index in [0.717, 1.165) is 67.3 Å². The van der Waals surface area contributed by atoms with Crippen molar-refractivity contribution in [1.29, 1.82) is 0 Å². The van der Waals surface area contributed by atoms with Crippen molar-refractivity contribution in [3.63, 3.8) is 0 Å². The number of hydrogen-bond donors (Lipinski definition) is 0. The predicted molar refractivity (Wildman–Crippen MR) is 184 cm³/mol. The minimum atomic E-state index is -0.287. The Morgan fingerprint density at radius 3 is 1.56 bits per heavy atom. The highest BCUT2D eigenvalue weighted by atomic mass is 79.9. The molecule has 2 rings (SSSR count). The molecule has 0 saturated heterocycles. The van der Waals surface area contributed by atoms with Gasteiger partial charge in [-0.1, -0.05) is 0 Å². The number of halogens is 4. The third kappa shape index (κ3) is 12.4. The largest absolute Gasteiger partial charge is 0.491 e. The highest BCUT2D eigenvalue weighted by Crippen LogP contribution is 2.36. The summed E-state index contributed by atoms with van der Waals surface area (Å²) in [5.74, 6) is 1.66. The van der Waals surface area contributed by atoms with Crippen LogP contribution < -0.4 is 9.47 Å². The number of nitrogens with zero attached hydrogens (tertiary/aromatic N) is 4. The summed E-state index contributed by atoms with van der Waals surface area (Å²) < 4.78 is 15.7. The zero-order valence-corrected chi connectivity index (χ0v) is 31.6. The van der Waals surface area contributed by atoms with Crippen LogP contribution in [0.15, 0.2) is 42.2 Å². The molecule has 2 aromatic rings. The number of benzene rings is 2. The Morgan fingerprint density at radius 1 is 0.683 bits per heavy atom. The van der Waals surface area contributed by atoms with E-state index in [4.69, 9.17) is 9.47 Å². The lowest BCUT2D eigenvalue weighted by Crippen LogP contribution is -2.46. The van der Waals surface area contributed by atoms with E-state index in [9.17, 15) is 4.79 Å². The number of hydrogen-bond acceptors (Lipinski definition) is 6. The van der Waals surface area contributed by atoms with E-state index in [1.165, 1.54) is 5.56 Å². The number of likely N-dealkylation sites (N-methyl/N-ethyl adjacent to an activating group) is 3. The fraction of sp³-hybridized carbons (Fsp3) is 0.567. The Balaban J connectivity index is 1.93. The van der Waals surface area contributed by atoms with Gasteiger partial charge >= 0.3 is 0 Å². The second kappa shape index (κ2) is 18.2. The SMILES string of the molecule is CN(C)CCCOc1c(Br)cc(CC(C(=O)N(C)CCCOc2c(Br)cc(CCN(C)C)cc2Br)N(C)C)cc1Br. The fourth-order valence-corrected chi connectivity index (χ4v) is 7.25. The summed E-state index contributed by atoms with van der Waals surface area (Å²) in [7, 11) is 14.0. The van der Waals surface area contributed by atoms with Crippen LogP contribution in [-0.2, 0) is 17.6 Å². The zero-order valence-electron chi connectivity index (χ0n) is 25.3. The quantitative estimate of drug-likeness (QED) is 0.168. The van der Waals surface area contributed by atoms with Gasteiger partial charge in [0.2, 0.25) is 5.91 Å². The monoisotopic (exact) mass is 824 g/mol. The molecule has 41 heavy (non-hydrogen) atoms. The van der Waals surface area contributed by atoms with Crippen LogP contribution in [0.4, 0.5) is 0 Å². The molecule has 0 aliphatic carbocycles. The van der Waals surface area contributed by atoms with E-state index in [1.807, 2.05) is 38.2 Å².